The second kappa shape index (κ2) is 24.6. The number of urea groups is 1. The van der Waals surface area contributed by atoms with Crippen LogP contribution < -0.4 is 37.3 Å². The molecule has 0 radical (unpaired) electrons. The lowest BCUT2D eigenvalue weighted by Crippen LogP contribution is -2.48. The largest absolute Gasteiger partial charge is 0.500 e. The van der Waals surface area contributed by atoms with E-state index in [1.807, 2.05) is 78.9 Å². The van der Waals surface area contributed by atoms with E-state index < -0.39 is 95.9 Å². The molecule has 2 aromatic heterocycles. The number of H-pyrrole nitrogens is 2. The van der Waals surface area contributed by atoms with Crippen LogP contribution in [0.15, 0.2) is 139 Å². The van der Waals surface area contributed by atoms with E-state index in [2.05, 4.69) is 26.2 Å². The van der Waals surface area contributed by atoms with Crippen LogP contribution in [0.5, 0.6) is 11.5 Å². The summed E-state index contributed by atoms with van der Waals surface area (Å²) in [6.45, 7) is 6.12. The molecule has 6 unspecified atom stereocenters. The van der Waals surface area contributed by atoms with Crippen molar-refractivity contribution in [2.75, 3.05) is 34.0 Å². The number of imide groups is 1. The Balaban J connectivity index is 0.000000202. The van der Waals surface area contributed by atoms with Crippen molar-refractivity contribution in [2.45, 2.75) is 81.5 Å². The van der Waals surface area contributed by atoms with Gasteiger partial charge in [0.1, 0.15) is 54.0 Å². The molecule has 0 bridgehead atoms. The molecule has 0 saturated carbocycles. The van der Waals surface area contributed by atoms with E-state index in [1.54, 1.807) is 40.2 Å². The number of hydrogen-bond acceptors (Lipinski definition) is 16. The molecule has 0 spiro atoms. The van der Waals surface area contributed by atoms with Gasteiger partial charge in [0.2, 0.25) is 6.23 Å². The summed E-state index contributed by atoms with van der Waals surface area (Å²) < 4.78 is 67.3. The van der Waals surface area contributed by atoms with Crippen LogP contribution in [0.4, 0.5) is 9.18 Å². The fraction of sp³-hybridized carbons (Fsp3) is 0.353. The van der Waals surface area contributed by atoms with Crippen LogP contribution in [0.3, 0.4) is 0 Å². The minimum atomic E-state index is -1.34. The molecule has 22 nitrogen and oxygen atoms in total. The normalized spacial score (nSPS) is 23.0. The van der Waals surface area contributed by atoms with Crippen molar-refractivity contribution >= 4 is 29.6 Å². The minimum Gasteiger partial charge on any atom is -0.497 e. The predicted molar refractivity (Wildman–Crippen MR) is 268 cm³/mol. The van der Waals surface area contributed by atoms with Crippen LogP contribution >= 0.6 is 0 Å². The van der Waals surface area contributed by atoms with Crippen molar-refractivity contribution in [2.24, 2.45) is 4.36 Å². The quantitative estimate of drug-likeness (QED) is 0.0463. The number of ether oxygens (including phenoxy) is 6. The molecule has 4 aliphatic rings. The number of aryl methyl sites for hydroxylation is 2. The van der Waals surface area contributed by atoms with Gasteiger partial charge in [-0.15, -0.1) is 0 Å². The van der Waals surface area contributed by atoms with Crippen LogP contribution in [0.1, 0.15) is 53.1 Å². The van der Waals surface area contributed by atoms with E-state index in [0.29, 0.717) is 22.6 Å². The van der Waals surface area contributed by atoms with Gasteiger partial charge in [-0.1, -0.05) is 67.3 Å². The number of carbonyl (C=O) groups excluding carboxylic acids is 2. The Morgan fingerprint density at radius 2 is 1.35 bits per heavy atom. The van der Waals surface area contributed by atoms with Crippen molar-refractivity contribution in [3.05, 3.63) is 185 Å². The van der Waals surface area contributed by atoms with Crippen molar-refractivity contribution in [1.29, 1.82) is 0 Å². The van der Waals surface area contributed by atoms with Crippen molar-refractivity contribution in [3.8, 4) is 11.5 Å². The maximum Gasteiger partial charge on any atom is 0.500 e. The zero-order chi connectivity index (χ0) is 54.0. The molecule has 75 heavy (non-hydrogen) atoms. The Morgan fingerprint density at radius 3 is 1.88 bits per heavy atom. The number of methoxy groups -OCH3 is 2. The maximum absolute atomic E-state index is 13.3. The number of nitrogens with zero attached hydrogens (tertiary/aromatic N) is 4. The van der Waals surface area contributed by atoms with Gasteiger partial charge in [0.15, 0.2) is 17.7 Å². The zero-order valence-electron chi connectivity index (χ0n) is 41.0. The molecule has 8 atom stereocenters. The summed E-state index contributed by atoms with van der Waals surface area (Å²) in [7, 11) is 3.22. The monoisotopic (exact) mass is 1060 g/mol. The highest BCUT2D eigenvalue weighted by atomic mass is 32.1. The molecule has 9 rings (SSSR count). The summed E-state index contributed by atoms with van der Waals surface area (Å²) >= 11 is 0.107. The SMILES string of the molecule is C=C1C=[N+](C2C[C@H](F)C(CO)O2)C(=O)NC1=O.COc1ccc(C(OCC2OC(n3cc(C)c(=O)[nH]c3=O)C[C@H]2N=S=O)(c2ccccc2)c2ccc(OC)cc2)cc1.Cc1cn(C2C=CC(CO)O2)c(=O)[nH]c1=O. The molecular formula is C51H55FN7O15S+. The standard InChI is InChI=1S/C31H31N3O7S.C10H11FN2O4.C10H12N2O4/c1-20-18-34(30(36)32-29(20)35)28-17-26(33-42-37)27(41-28)19-40-31(21-7-5-4-6-8-21,22-9-13-24(38-2)14-10-22)23-11-15-25(39-3)16-12-23;1-5-3-13(10(16)12-9(5)15)8-2-6(11)7(4-14)17-8;1-6-4-12(10(15)11-9(6)14)8-3-2-7(5-13)16-8/h4-16,18,26-28H,17,19H2,1-3H3,(H,32,35,36);3,6-8,14H,1-2,4H2;2-4,7-8,13H,5H2,1H3,(H,11,14,15)/p+1/t26-,27?,28?;6-,7?,8?;/m10./s1. The minimum absolute atomic E-state index is 0.0370. The van der Waals surface area contributed by atoms with Crippen molar-refractivity contribution in [1.82, 2.24) is 24.4 Å². The molecule has 6 heterocycles. The molecule has 396 valence electrons. The first-order valence-electron chi connectivity index (χ1n) is 23.3. The number of alkyl halides is 1. The maximum atomic E-state index is 13.3. The van der Waals surface area contributed by atoms with E-state index in [9.17, 15) is 37.4 Å². The fourth-order valence-corrected chi connectivity index (χ4v) is 8.91. The third-order valence-electron chi connectivity index (χ3n) is 12.6. The van der Waals surface area contributed by atoms with Gasteiger partial charge in [-0.3, -0.25) is 28.7 Å². The summed E-state index contributed by atoms with van der Waals surface area (Å²) in [6.07, 6.45) is 2.21. The third kappa shape index (κ3) is 12.5. The summed E-state index contributed by atoms with van der Waals surface area (Å²) in [5, 5.41) is 19.8. The van der Waals surface area contributed by atoms with Crippen LogP contribution in [0, 0.1) is 13.8 Å². The second-order valence-electron chi connectivity index (χ2n) is 17.4. The number of carbonyl (C=O) groups is 2. The van der Waals surface area contributed by atoms with E-state index in [-0.39, 0.29) is 43.1 Å². The Morgan fingerprint density at radius 1 is 0.773 bits per heavy atom. The Bertz CT molecular complexity index is 3180. The van der Waals surface area contributed by atoms with Gasteiger partial charge in [-0.05, 0) is 60.9 Å². The van der Waals surface area contributed by atoms with Crippen LogP contribution in [-0.4, -0.2) is 127 Å². The van der Waals surface area contributed by atoms with Crippen molar-refractivity contribution in [3.63, 3.8) is 0 Å². The summed E-state index contributed by atoms with van der Waals surface area (Å²) in [5.74, 6) is 0.815. The lowest BCUT2D eigenvalue weighted by molar-refractivity contribution is -0.523. The number of halogens is 1. The number of aliphatic hydroxyl groups is 2. The van der Waals surface area contributed by atoms with Gasteiger partial charge in [-0.2, -0.15) is 23.3 Å². The number of rotatable bonds is 14. The average molecular weight is 1060 g/mol. The van der Waals surface area contributed by atoms with Crippen LogP contribution in [-0.2, 0) is 40.8 Å². The lowest BCUT2D eigenvalue weighted by atomic mass is 9.80. The fourth-order valence-electron chi connectivity index (χ4n) is 8.57. The van der Waals surface area contributed by atoms with Crippen molar-refractivity contribution < 1.29 is 61.4 Å². The zero-order valence-corrected chi connectivity index (χ0v) is 41.8. The lowest BCUT2D eigenvalue weighted by Gasteiger charge is -2.37. The number of amides is 3. The second-order valence-corrected chi connectivity index (χ2v) is 17.8. The molecule has 2 fully saturated rings. The summed E-state index contributed by atoms with van der Waals surface area (Å²) in [4.78, 5) is 74.3. The van der Waals surface area contributed by atoms with Gasteiger partial charge in [0, 0.05) is 36.4 Å². The first-order valence-corrected chi connectivity index (χ1v) is 24.0. The molecule has 3 amide bonds. The number of nitrogens with one attached hydrogen (secondary N) is 3. The average Bonchev–Trinajstić information content (AvgIpc) is 4.17. The Hall–Kier alpha value is -7.58. The Labute approximate surface area is 430 Å². The first-order chi connectivity index (χ1) is 36.0. The topological polar surface area (TPSA) is 284 Å². The van der Waals surface area contributed by atoms with E-state index in [4.69, 9.17) is 38.6 Å². The van der Waals surface area contributed by atoms with E-state index in [1.165, 1.54) is 27.7 Å². The Kier molecular flexibility index (Phi) is 18.1. The van der Waals surface area contributed by atoms with E-state index >= 15 is 0 Å². The third-order valence-corrected chi connectivity index (χ3v) is 12.9. The highest BCUT2D eigenvalue weighted by Crippen LogP contribution is 2.43. The van der Waals surface area contributed by atoms with Gasteiger partial charge in [0.05, 0.1) is 45.7 Å². The highest BCUT2D eigenvalue weighted by molar-refractivity contribution is 7.54. The number of benzene rings is 3. The van der Waals surface area contributed by atoms with Gasteiger partial charge >= 0.3 is 23.3 Å². The van der Waals surface area contributed by atoms with Gasteiger partial charge in [-0.25, -0.2) is 18.8 Å². The molecule has 4 aliphatic heterocycles. The number of aromatic nitrogens is 4. The van der Waals surface area contributed by atoms with Crippen LogP contribution in [0.25, 0.3) is 0 Å². The van der Waals surface area contributed by atoms with E-state index in [0.717, 1.165) is 21.3 Å². The van der Waals surface area contributed by atoms with Gasteiger partial charge < -0.3 is 38.6 Å². The van der Waals surface area contributed by atoms with Crippen LogP contribution in [0.2, 0.25) is 0 Å². The number of hydrogen-bond donors (Lipinski definition) is 5. The summed E-state index contributed by atoms with van der Waals surface area (Å²) in [6, 6.07) is 23.9. The number of aromatic amines is 2. The molecule has 24 heteroatoms. The smallest absolute Gasteiger partial charge is 0.497 e. The molecular weight excluding hydrogens is 1000 g/mol. The molecule has 0 aliphatic carbocycles. The predicted octanol–water partition coefficient (Wildman–Crippen LogP) is 2.54. The molecule has 5 N–H and O–H groups in total. The molecule has 3 aromatic carbocycles. The molecule has 5 aromatic rings. The van der Waals surface area contributed by atoms with Gasteiger partial charge in [0.25, 0.3) is 11.1 Å². The summed E-state index contributed by atoms with van der Waals surface area (Å²) in [5.41, 5.74) is 0.369. The highest BCUT2D eigenvalue weighted by Gasteiger charge is 2.45. The molecule has 2 saturated heterocycles. The first kappa shape index (κ1) is 55.2. The number of aliphatic hydroxyl groups excluding tert-OH is 2.